The maximum Gasteiger partial charge on any atom is 0.272 e. The molecule has 0 saturated heterocycles. The van der Waals surface area contributed by atoms with Crippen molar-refractivity contribution in [2.45, 2.75) is 20.0 Å². The van der Waals surface area contributed by atoms with Crippen molar-refractivity contribution in [2.75, 3.05) is 0 Å². The largest absolute Gasteiger partial charge is 0.508 e. The Balaban J connectivity index is 1.99. The van der Waals surface area contributed by atoms with Crippen LogP contribution in [-0.2, 0) is 13.1 Å². The highest BCUT2D eigenvalue weighted by Crippen LogP contribution is 2.21. The second-order valence-electron chi connectivity index (χ2n) is 4.59. The van der Waals surface area contributed by atoms with Crippen molar-refractivity contribution in [1.29, 1.82) is 0 Å². The number of rotatable bonds is 5. The number of nitrogens with one attached hydrogen (secondary N) is 1. The molecular weight excluding hydrogens is 256 g/mol. The molecule has 2 aromatic carbocycles. The van der Waals surface area contributed by atoms with Crippen molar-refractivity contribution in [1.82, 2.24) is 5.32 Å². The highest BCUT2D eigenvalue weighted by Gasteiger charge is 2.12. The van der Waals surface area contributed by atoms with Gasteiger partial charge in [0.05, 0.1) is 4.92 Å². The van der Waals surface area contributed by atoms with Crippen LogP contribution in [0.4, 0.5) is 5.69 Å². The Hall–Kier alpha value is -2.40. The molecule has 0 atom stereocenters. The fourth-order valence-corrected chi connectivity index (χ4v) is 2.01. The highest BCUT2D eigenvalue weighted by molar-refractivity contribution is 5.44. The standard InChI is InChI=1S/C15H16N2O3/c1-11-13(3-2-4-15(11)17(19)20)10-16-9-12-5-7-14(18)8-6-12/h2-8,16,18H,9-10H2,1H3. The van der Waals surface area contributed by atoms with Crippen molar-refractivity contribution >= 4 is 5.69 Å². The number of phenols is 1. The average molecular weight is 272 g/mol. The van der Waals surface area contributed by atoms with Crippen LogP contribution in [0.15, 0.2) is 42.5 Å². The van der Waals surface area contributed by atoms with Gasteiger partial charge in [0.1, 0.15) is 5.75 Å². The first-order chi connectivity index (χ1) is 9.58. The lowest BCUT2D eigenvalue weighted by atomic mass is 10.1. The molecule has 20 heavy (non-hydrogen) atoms. The van der Waals surface area contributed by atoms with Gasteiger partial charge >= 0.3 is 0 Å². The van der Waals surface area contributed by atoms with Gasteiger partial charge in [-0.15, -0.1) is 0 Å². The molecule has 2 aromatic rings. The molecule has 0 radical (unpaired) electrons. The first-order valence-corrected chi connectivity index (χ1v) is 6.29. The minimum Gasteiger partial charge on any atom is -0.508 e. The van der Waals surface area contributed by atoms with Crippen LogP contribution >= 0.6 is 0 Å². The zero-order valence-electron chi connectivity index (χ0n) is 11.2. The van der Waals surface area contributed by atoms with Crippen molar-refractivity contribution in [3.63, 3.8) is 0 Å². The maximum absolute atomic E-state index is 10.9. The molecule has 0 aliphatic heterocycles. The third kappa shape index (κ3) is 3.33. The van der Waals surface area contributed by atoms with Crippen LogP contribution in [0.1, 0.15) is 16.7 Å². The van der Waals surface area contributed by atoms with E-state index >= 15 is 0 Å². The number of hydrogen-bond acceptors (Lipinski definition) is 4. The van der Waals surface area contributed by atoms with E-state index in [0.29, 0.717) is 18.7 Å². The fourth-order valence-electron chi connectivity index (χ4n) is 2.01. The SMILES string of the molecule is Cc1c(CNCc2ccc(O)cc2)cccc1[N+](=O)[O-]. The molecule has 0 bridgehead atoms. The normalized spacial score (nSPS) is 10.4. The van der Waals surface area contributed by atoms with Crippen LogP contribution in [-0.4, -0.2) is 10.0 Å². The first kappa shape index (κ1) is 14.0. The summed E-state index contributed by atoms with van der Waals surface area (Å²) in [5.41, 5.74) is 2.80. The second-order valence-corrected chi connectivity index (χ2v) is 4.59. The average Bonchev–Trinajstić information content (AvgIpc) is 2.42. The number of nitro benzene ring substituents is 1. The highest BCUT2D eigenvalue weighted by atomic mass is 16.6. The summed E-state index contributed by atoms with van der Waals surface area (Å²) in [5, 5.41) is 23.3. The lowest BCUT2D eigenvalue weighted by Gasteiger charge is -2.08. The Morgan fingerprint density at radius 1 is 1.15 bits per heavy atom. The molecule has 5 heteroatoms. The second kappa shape index (κ2) is 6.16. The predicted octanol–water partition coefficient (Wildman–Crippen LogP) is 2.90. The maximum atomic E-state index is 10.9. The molecule has 0 aliphatic carbocycles. The molecule has 0 saturated carbocycles. The van der Waals surface area contributed by atoms with Crippen LogP contribution in [0.25, 0.3) is 0 Å². The minimum absolute atomic E-state index is 0.147. The van der Waals surface area contributed by atoms with Gasteiger partial charge in [-0.25, -0.2) is 0 Å². The summed E-state index contributed by atoms with van der Waals surface area (Å²) in [4.78, 5) is 10.5. The molecule has 0 amide bonds. The smallest absolute Gasteiger partial charge is 0.272 e. The van der Waals surface area contributed by atoms with Gasteiger partial charge < -0.3 is 10.4 Å². The number of nitro groups is 1. The predicted molar refractivity (Wildman–Crippen MR) is 76.5 cm³/mol. The Bertz CT molecular complexity index is 609. The quantitative estimate of drug-likeness (QED) is 0.648. The van der Waals surface area contributed by atoms with Crippen LogP contribution < -0.4 is 5.32 Å². The molecule has 2 rings (SSSR count). The summed E-state index contributed by atoms with van der Waals surface area (Å²) >= 11 is 0. The van der Waals surface area contributed by atoms with Crippen LogP contribution in [0.2, 0.25) is 0 Å². The molecule has 0 spiro atoms. The minimum atomic E-state index is -0.362. The molecule has 0 unspecified atom stereocenters. The Morgan fingerprint density at radius 3 is 2.50 bits per heavy atom. The number of benzene rings is 2. The Morgan fingerprint density at radius 2 is 1.85 bits per heavy atom. The third-order valence-corrected chi connectivity index (χ3v) is 3.19. The molecular formula is C15H16N2O3. The number of nitrogens with zero attached hydrogens (tertiary/aromatic N) is 1. The third-order valence-electron chi connectivity index (χ3n) is 3.19. The first-order valence-electron chi connectivity index (χ1n) is 6.29. The van der Waals surface area contributed by atoms with E-state index < -0.39 is 0 Å². The van der Waals surface area contributed by atoms with Gasteiger partial charge in [0, 0.05) is 24.7 Å². The van der Waals surface area contributed by atoms with Crippen molar-refractivity contribution in [3.05, 3.63) is 69.3 Å². The van der Waals surface area contributed by atoms with Gasteiger partial charge in [-0.1, -0.05) is 24.3 Å². The van der Waals surface area contributed by atoms with E-state index in [1.165, 1.54) is 6.07 Å². The molecule has 0 aromatic heterocycles. The van der Waals surface area contributed by atoms with Gasteiger partial charge in [-0.05, 0) is 30.2 Å². The summed E-state index contributed by atoms with van der Waals surface area (Å²) in [6, 6.07) is 12.0. The number of aromatic hydroxyl groups is 1. The van der Waals surface area contributed by atoms with Crippen LogP contribution in [0, 0.1) is 17.0 Å². The zero-order chi connectivity index (χ0) is 14.5. The van der Waals surface area contributed by atoms with Gasteiger partial charge in [0.25, 0.3) is 5.69 Å². The van der Waals surface area contributed by atoms with E-state index in [1.807, 2.05) is 18.2 Å². The summed E-state index contributed by atoms with van der Waals surface area (Å²) in [5.74, 6) is 0.239. The summed E-state index contributed by atoms with van der Waals surface area (Å²) in [6.07, 6.45) is 0. The van der Waals surface area contributed by atoms with E-state index in [2.05, 4.69) is 5.32 Å². The molecule has 0 fully saturated rings. The van der Waals surface area contributed by atoms with E-state index in [-0.39, 0.29) is 16.4 Å². The van der Waals surface area contributed by atoms with Gasteiger partial charge in [-0.2, -0.15) is 0 Å². The van der Waals surface area contributed by atoms with E-state index in [0.717, 1.165) is 11.1 Å². The van der Waals surface area contributed by atoms with Gasteiger partial charge in [0.2, 0.25) is 0 Å². The van der Waals surface area contributed by atoms with Gasteiger partial charge in [-0.3, -0.25) is 10.1 Å². The van der Waals surface area contributed by atoms with Crippen molar-refractivity contribution in [3.8, 4) is 5.75 Å². The fraction of sp³-hybridized carbons (Fsp3) is 0.200. The monoisotopic (exact) mass is 272 g/mol. The Kier molecular flexibility index (Phi) is 4.32. The lowest BCUT2D eigenvalue weighted by Crippen LogP contribution is -2.13. The molecule has 0 aliphatic rings. The van der Waals surface area contributed by atoms with Gasteiger partial charge in [0.15, 0.2) is 0 Å². The van der Waals surface area contributed by atoms with Crippen LogP contribution in [0.3, 0.4) is 0 Å². The lowest BCUT2D eigenvalue weighted by molar-refractivity contribution is -0.385. The van der Waals surface area contributed by atoms with Crippen molar-refractivity contribution in [2.24, 2.45) is 0 Å². The number of phenolic OH excluding ortho intramolecular Hbond substituents is 1. The molecule has 5 nitrogen and oxygen atoms in total. The summed E-state index contributed by atoms with van der Waals surface area (Å²) in [6.45, 7) is 2.96. The molecule has 104 valence electrons. The zero-order valence-corrected chi connectivity index (χ0v) is 11.2. The summed E-state index contributed by atoms with van der Waals surface area (Å²) < 4.78 is 0. The number of hydrogen-bond donors (Lipinski definition) is 2. The molecule has 2 N–H and O–H groups in total. The topological polar surface area (TPSA) is 75.4 Å². The van der Waals surface area contributed by atoms with Crippen LogP contribution in [0.5, 0.6) is 5.75 Å². The van der Waals surface area contributed by atoms with Crippen molar-refractivity contribution < 1.29 is 10.0 Å². The summed E-state index contributed by atoms with van der Waals surface area (Å²) in [7, 11) is 0. The van der Waals surface area contributed by atoms with E-state index in [1.54, 1.807) is 25.1 Å². The van der Waals surface area contributed by atoms with E-state index in [4.69, 9.17) is 0 Å². The van der Waals surface area contributed by atoms with E-state index in [9.17, 15) is 15.2 Å². The molecule has 0 heterocycles. The Labute approximate surface area is 117 Å².